The van der Waals surface area contributed by atoms with E-state index in [1.165, 1.54) is 12.4 Å². The van der Waals surface area contributed by atoms with E-state index in [9.17, 15) is 8.76 Å². The molecular weight excluding hydrogens is 152 g/mol. The van der Waals surface area contributed by atoms with Crippen LogP contribution in [0.4, 0.5) is 5.69 Å². The molecule has 1 heterocycles. The summed E-state index contributed by atoms with van der Waals surface area (Å²) in [6.07, 6.45) is 3.02. The van der Waals surface area contributed by atoms with E-state index < -0.39 is 11.3 Å². The second-order valence-electron chi connectivity index (χ2n) is 1.57. The fourth-order valence-corrected chi connectivity index (χ4v) is 0.845. The van der Waals surface area contributed by atoms with Crippen molar-refractivity contribution in [3.63, 3.8) is 0 Å². The van der Waals surface area contributed by atoms with Crippen LogP contribution < -0.4 is 4.72 Å². The van der Waals surface area contributed by atoms with Crippen LogP contribution in [0.1, 0.15) is 0 Å². The van der Waals surface area contributed by atoms with Crippen molar-refractivity contribution in [1.29, 1.82) is 0 Å². The summed E-state index contributed by atoms with van der Waals surface area (Å²) in [5.41, 5.74) is 0.517. The quantitative estimate of drug-likeness (QED) is 0.627. The normalized spacial score (nSPS) is 12.5. The number of aromatic nitrogens is 1. The van der Waals surface area contributed by atoms with Crippen LogP contribution in [-0.4, -0.2) is 13.7 Å². The number of hydrogen-bond acceptors (Lipinski definition) is 3. The average molecular weight is 157 g/mol. The van der Waals surface area contributed by atoms with E-state index in [0.717, 1.165) is 0 Å². The minimum atomic E-state index is -2.24. The van der Waals surface area contributed by atoms with Crippen molar-refractivity contribution >= 4 is 17.0 Å². The van der Waals surface area contributed by atoms with Crippen LogP contribution in [-0.2, 0) is 11.3 Å². The first-order valence-corrected chi connectivity index (χ1v) is 3.62. The molecule has 1 aromatic heterocycles. The van der Waals surface area contributed by atoms with Gasteiger partial charge in [-0.05, 0) is 12.1 Å². The lowest BCUT2D eigenvalue weighted by Crippen LogP contribution is -2.01. The highest BCUT2D eigenvalue weighted by molar-refractivity contribution is 7.80. The Hall–Kier alpha value is -0.940. The van der Waals surface area contributed by atoms with Gasteiger partial charge in [0.15, 0.2) is 0 Å². The molecule has 4 nitrogen and oxygen atoms in total. The van der Waals surface area contributed by atoms with E-state index in [1.807, 2.05) is 0 Å². The highest BCUT2D eigenvalue weighted by atomic mass is 32.2. The Balaban J connectivity index is 2.67. The molecule has 0 aliphatic rings. The lowest BCUT2D eigenvalue weighted by atomic mass is 10.4. The van der Waals surface area contributed by atoms with Gasteiger partial charge in [0.1, 0.15) is 0 Å². The number of anilines is 1. The number of rotatable bonds is 2. The molecule has 0 aromatic carbocycles. The summed E-state index contributed by atoms with van der Waals surface area (Å²) in [6, 6.07) is 3.13. The van der Waals surface area contributed by atoms with Crippen molar-refractivity contribution in [3.8, 4) is 0 Å². The predicted octanol–water partition coefficient (Wildman–Crippen LogP) is 0.288. The molecule has 0 spiro atoms. The molecule has 1 N–H and O–H groups in total. The summed E-state index contributed by atoms with van der Waals surface area (Å²) >= 11 is -2.24. The molecule has 5 heteroatoms. The first-order valence-electron chi connectivity index (χ1n) is 2.55. The first-order chi connectivity index (χ1) is 4.79. The van der Waals surface area contributed by atoms with Crippen LogP contribution in [0.3, 0.4) is 0 Å². The Bertz CT molecular complexity index is 226. The van der Waals surface area contributed by atoms with Gasteiger partial charge in [-0.3, -0.25) is 9.19 Å². The fourth-order valence-electron chi connectivity index (χ4n) is 0.516. The van der Waals surface area contributed by atoms with E-state index in [2.05, 4.69) is 9.71 Å². The van der Waals surface area contributed by atoms with Gasteiger partial charge in [0.05, 0.1) is 0 Å². The second-order valence-corrected chi connectivity index (χ2v) is 2.25. The van der Waals surface area contributed by atoms with Crippen LogP contribution in [0, 0.1) is 0 Å². The largest absolute Gasteiger partial charge is 0.755 e. The Morgan fingerprint density at radius 2 is 2.10 bits per heavy atom. The smallest absolute Gasteiger partial charge is 0.0483 e. The van der Waals surface area contributed by atoms with Crippen molar-refractivity contribution in [2.45, 2.75) is 0 Å². The molecule has 0 fully saturated rings. The summed E-state index contributed by atoms with van der Waals surface area (Å²) < 4.78 is 22.3. The maximum absolute atomic E-state index is 10.0. The van der Waals surface area contributed by atoms with Gasteiger partial charge in [0.2, 0.25) is 0 Å². The van der Waals surface area contributed by atoms with Crippen LogP contribution in [0.5, 0.6) is 0 Å². The number of nitrogens with zero attached hydrogens (tertiary/aromatic N) is 1. The SMILES string of the molecule is O=S([O-])Nc1ccncc1. The molecule has 0 amide bonds. The highest BCUT2D eigenvalue weighted by Gasteiger charge is 1.85. The van der Waals surface area contributed by atoms with Gasteiger partial charge in [0, 0.05) is 29.3 Å². The monoisotopic (exact) mass is 157 g/mol. The van der Waals surface area contributed by atoms with E-state index >= 15 is 0 Å². The summed E-state index contributed by atoms with van der Waals surface area (Å²) in [6.45, 7) is 0. The number of nitrogens with one attached hydrogen (secondary N) is 1. The van der Waals surface area contributed by atoms with Crippen molar-refractivity contribution in [1.82, 2.24) is 4.98 Å². The summed E-state index contributed by atoms with van der Waals surface area (Å²) in [5.74, 6) is 0. The summed E-state index contributed by atoms with van der Waals surface area (Å²) in [7, 11) is 0. The van der Waals surface area contributed by atoms with E-state index in [1.54, 1.807) is 12.1 Å². The molecule has 1 atom stereocenters. The third-order valence-corrected chi connectivity index (χ3v) is 1.28. The molecule has 54 valence electrons. The fraction of sp³-hybridized carbons (Fsp3) is 0. The molecule has 0 aliphatic heterocycles. The van der Waals surface area contributed by atoms with Gasteiger partial charge < -0.3 is 9.27 Å². The number of pyridine rings is 1. The standard InChI is InChI=1S/C5H6N2O2S/c8-10(9)7-5-1-3-6-4-2-5/h1-4H,(H,6,7)(H,8,9)/p-1. The third-order valence-electron chi connectivity index (χ3n) is 0.882. The van der Waals surface area contributed by atoms with Gasteiger partial charge in [-0.15, -0.1) is 0 Å². The molecule has 0 aliphatic carbocycles. The Morgan fingerprint density at radius 1 is 1.50 bits per heavy atom. The zero-order chi connectivity index (χ0) is 7.40. The molecule has 0 saturated heterocycles. The minimum Gasteiger partial charge on any atom is -0.755 e. The Kier molecular flexibility index (Phi) is 2.35. The number of hydrogen-bond donors (Lipinski definition) is 1. The molecule has 1 rings (SSSR count). The van der Waals surface area contributed by atoms with Crippen molar-refractivity contribution in [3.05, 3.63) is 24.5 Å². The highest BCUT2D eigenvalue weighted by Crippen LogP contribution is 2.02. The van der Waals surface area contributed by atoms with E-state index in [-0.39, 0.29) is 0 Å². The van der Waals surface area contributed by atoms with Crippen molar-refractivity contribution in [2.24, 2.45) is 0 Å². The average Bonchev–Trinajstić information content (AvgIpc) is 1.88. The molecule has 1 unspecified atom stereocenters. The van der Waals surface area contributed by atoms with Crippen molar-refractivity contribution < 1.29 is 8.76 Å². The summed E-state index contributed by atoms with van der Waals surface area (Å²) in [4.78, 5) is 3.71. The minimum absolute atomic E-state index is 0.517. The Labute approximate surface area is 60.7 Å². The molecule has 0 bridgehead atoms. The van der Waals surface area contributed by atoms with Gasteiger partial charge in [-0.2, -0.15) is 0 Å². The van der Waals surface area contributed by atoms with Gasteiger partial charge in [-0.25, -0.2) is 0 Å². The van der Waals surface area contributed by atoms with Crippen LogP contribution in [0.25, 0.3) is 0 Å². The zero-order valence-electron chi connectivity index (χ0n) is 4.98. The molecule has 0 saturated carbocycles. The van der Waals surface area contributed by atoms with Crippen LogP contribution >= 0.6 is 0 Å². The first kappa shape index (κ1) is 7.17. The van der Waals surface area contributed by atoms with Crippen LogP contribution in [0.15, 0.2) is 24.5 Å². The van der Waals surface area contributed by atoms with Gasteiger partial charge in [-0.1, -0.05) is 0 Å². The van der Waals surface area contributed by atoms with Gasteiger partial charge >= 0.3 is 0 Å². The maximum Gasteiger partial charge on any atom is 0.0483 e. The Morgan fingerprint density at radius 3 is 2.60 bits per heavy atom. The third kappa shape index (κ3) is 2.12. The van der Waals surface area contributed by atoms with E-state index in [0.29, 0.717) is 5.69 Å². The summed E-state index contributed by atoms with van der Waals surface area (Å²) in [5, 5.41) is 0. The van der Waals surface area contributed by atoms with Gasteiger partial charge in [0.25, 0.3) is 0 Å². The molecular formula is C5H5N2O2S-. The molecule has 1 aromatic rings. The van der Waals surface area contributed by atoms with Crippen LogP contribution in [0.2, 0.25) is 0 Å². The van der Waals surface area contributed by atoms with Crippen molar-refractivity contribution in [2.75, 3.05) is 4.72 Å². The van der Waals surface area contributed by atoms with E-state index in [4.69, 9.17) is 0 Å². The topological polar surface area (TPSA) is 65.0 Å². The molecule has 10 heavy (non-hydrogen) atoms. The zero-order valence-corrected chi connectivity index (χ0v) is 5.80. The predicted molar refractivity (Wildman–Crippen MR) is 36.8 cm³/mol. The lowest BCUT2D eigenvalue weighted by molar-refractivity contribution is 0.542. The second kappa shape index (κ2) is 3.28. The molecule has 0 radical (unpaired) electrons. The lowest BCUT2D eigenvalue weighted by Gasteiger charge is -2.06. The maximum atomic E-state index is 10.0.